The number of hydrogen-bond donors (Lipinski definition) is 4. The first-order chi connectivity index (χ1) is 8.81. The van der Waals surface area contributed by atoms with Gasteiger partial charge in [0.05, 0.1) is 9.95 Å². The minimum absolute atomic E-state index is 0.0703. The van der Waals surface area contributed by atoms with E-state index in [1.54, 1.807) is 0 Å². The summed E-state index contributed by atoms with van der Waals surface area (Å²) < 4.78 is 30.3. The largest absolute Gasteiger partial charge is 0.356 e. The van der Waals surface area contributed by atoms with Crippen LogP contribution in [0, 0.1) is 10.8 Å². The summed E-state index contributed by atoms with van der Waals surface area (Å²) in [5.74, 6) is 0.0542. The fourth-order valence-corrected chi connectivity index (χ4v) is 0.943. The lowest BCUT2D eigenvalue weighted by Gasteiger charge is -2.08. The highest BCUT2D eigenvalue weighted by molar-refractivity contribution is 5.95. The Morgan fingerprint density at radius 1 is 1.40 bits per heavy atom. The van der Waals surface area contributed by atoms with Crippen LogP contribution in [0.4, 0.5) is 0 Å². The molecule has 4 heteroatoms. The van der Waals surface area contributed by atoms with Gasteiger partial charge >= 0.3 is 0 Å². The van der Waals surface area contributed by atoms with Crippen molar-refractivity contribution in [3.8, 4) is 0 Å². The van der Waals surface area contributed by atoms with Gasteiger partial charge in [-0.2, -0.15) is 0 Å². The normalized spacial score (nSPS) is 15.3. The van der Waals surface area contributed by atoms with Gasteiger partial charge in [0.2, 0.25) is 0 Å². The number of nitrogens with one attached hydrogen (secondary N) is 4. The second-order valence-electron chi connectivity index (χ2n) is 2.91. The van der Waals surface area contributed by atoms with E-state index in [0.29, 0.717) is 5.56 Å². The topological polar surface area (TPSA) is 71.8 Å². The van der Waals surface area contributed by atoms with Gasteiger partial charge in [-0.25, -0.2) is 0 Å². The van der Waals surface area contributed by atoms with E-state index in [2.05, 4.69) is 10.6 Å². The zero-order valence-electron chi connectivity index (χ0n) is 12.4. The van der Waals surface area contributed by atoms with E-state index in [-0.39, 0.29) is 36.5 Å². The van der Waals surface area contributed by atoms with Crippen molar-refractivity contribution >= 4 is 11.8 Å². The molecule has 0 saturated carbocycles. The average Bonchev–Trinajstić information content (AvgIpc) is 2.31. The molecule has 0 aliphatic rings. The Kier molecular flexibility index (Phi) is 2.55. The van der Waals surface area contributed by atoms with Crippen molar-refractivity contribution in [1.29, 1.82) is 10.8 Å². The first-order valence-corrected chi connectivity index (χ1v) is 4.46. The first kappa shape index (κ1) is 6.61. The second-order valence-corrected chi connectivity index (χ2v) is 2.91. The third-order valence-corrected chi connectivity index (χ3v) is 1.55. The Labute approximate surface area is 95.3 Å². The molecule has 4 N–H and O–H groups in total. The second kappa shape index (κ2) is 5.80. The fraction of sp³-hybridized carbons (Fsp3) is 0.273. The Hall–Kier alpha value is -1.84. The predicted molar refractivity (Wildman–Crippen MR) is 62.4 cm³/mol. The Morgan fingerprint density at radius 2 is 2.07 bits per heavy atom. The van der Waals surface area contributed by atoms with Crippen molar-refractivity contribution in [2.45, 2.75) is 13.3 Å². The summed E-state index contributed by atoms with van der Waals surface area (Å²) in [6.07, 6.45) is -0.748. The van der Waals surface area contributed by atoms with Crippen LogP contribution in [-0.2, 0) is 6.40 Å². The Bertz CT molecular complexity index is 480. The van der Waals surface area contributed by atoms with Gasteiger partial charge in [-0.3, -0.25) is 10.8 Å². The van der Waals surface area contributed by atoms with Gasteiger partial charge in [-0.1, -0.05) is 30.3 Å². The van der Waals surface area contributed by atoms with Crippen molar-refractivity contribution in [3.63, 3.8) is 0 Å². The highest BCUT2D eigenvalue weighted by atomic mass is 15.1. The summed E-state index contributed by atoms with van der Waals surface area (Å²) in [7, 11) is 0. The molecule has 0 amide bonds. The van der Waals surface area contributed by atoms with E-state index in [1.165, 1.54) is 19.1 Å². The van der Waals surface area contributed by atoms with Gasteiger partial charge in [-0.15, -0.1) is 0 Å². The molecule has 0 bridgehead atoms. The van der Waals surface area contributed by atoms with Crippen LogP contribution in [0.3, 0.4) is 0 Å². The summed E-state index contributed by atoms with van der Waals surface area (Å²) in [5.41, 5.74) is 0.456. The predicted octanol–water partition coefficient (Wildman–Crippen LogP) is 1.34. The summed E-state index contributed by atoms with van der Waals surface area (Å²) >= 11 is 0. The van der Waals surface area contributed by atoms with Crippen LogP contribution in [0.15, 0.2) is 30.3 Å². The molecule has 0 heterocycles. The minimum atomic E-state index is -0.748. The molecule has 0 aliphatic heterocycles. The van der Waals surface area contributed by atoms with E-state index < -0.39 is 6.40 Å². The highest BCUT2D eigenvalue weighted by Crippen LogP contribution is 1.97. The number of rotatable bonds is 3. The van der Waals surface area contributed by atoms with Crippen LogP contribution in [0.2, 0.25) is 0 Å². The zero-order chi connectivity index (χ0) is 14.6. The smallest absolute Gasteiger partial charge is 0.193 e. The summed E-state index contributed by atoms with van der Waals surface area (Å²) in [6, 6.07) is 2.46. The maximum atomic E-state index is 7.88. The third-order valence-electron chi connectivity index (χ3n) is 1.55. The van der Waals surface area contributed by atoms with Crippen LogP contribution < -0.4 is 10.6 Å². The Balaban J connectivity index is 2.66. The number of hydrogen-bond acceptors (Lipinski definition) is 2. The molecule has 0 saturated heterocycles. The molecule has 1 atom stereocenters. The molecule has 0 fully saturated rings. The average molecular weight is 208 g/mol. The first-order valence-electron chi connectivity index (χ1n) is 6.53. The fourth-order valence-electron chi connectivity index (χ4n) is 0.943. The molecule has 1 aromatic carbocycles. The lowest BCUT2D eigenvalue weighted by atomic mass is 10.1. The van der Waals surface area contributed by atoms with Crippen LogP contribution in [0.25, 0.3) is 0 Å². The zero-order valence-corrected chi connectivity index (χ0v) is 8.44. The van der Waals surface area contributed by atoms with E-state index in [9.17, 15) is 0 Å². The molecule has 4 nitrogen and oxygen atoms in total. The van der Waals surface area contributed by atoms with Crippen LogP contribution in [-0.4, -0.2) is 18.3 Å². The van der Waals surface area contributed by atoms with Gasteiger partial charge < -0.3 is 10.6 Å². The number of guanidine groups is 1. The van der Waals surface area contributed by atoms with Gasteiger partial charge in [0, 0.05) is 7.92 Å². The molecule has 0 spiro atoms. The minimum Gasteiger partial charge on any atom is -0.356 e. The monoisotopic (exact) mass is 208 g/mol. The molecule has 1 unspecified atom stereocenters. The molecular weight excluding hydrogens is 188 g/mol. The highest BCUT2D eigenvalue weighted by Gasteiger charge is 1.95. The maximum Gasteiger partial charge on any atom is 0.193 e. The van der Waals surface area contributed by atoms with Gasteiger partial charge in [-0.05, 0) is 18.9 Å². The van der Waals surface area contributed by atoms with E-state index in [1.807, 2.05) is 0 Å². The van der Waals surface area contributed by atoms with Crippen molar-refractivity contribution in [1.82, 2.24) is 10.6 Å². The quantitative estimate of drug-likeness (QED) is 0.447. The third kappa shape index (κ3) is 4.81. The van der Waals surface area contributed by atoms with Crippen molar-refractivity contribution in [2.75, 3.05) is 6.54 Å². The van der Waals surface area contributed by atoms with E-state index >= 15 is 0 Å². The molecule has 0 aromatic heterocycles. The van der Waals surface area contributed by atoms with E-state index in [0.717, 1.165) is 0 Å². The Morgan fingerprint density at radius 3 is 2.67 bits per heavy atom. The standard InChI is InChI=1S/C11H16N4/c1-9(12)15-11(13)14-8-7-10-5-3-2-4-6-10/h2-6H,7-8H2,1H3,(H4,12,13,14,15)/i2D,3D,4D,7D. The molecule has 1 aromatic rings. The summed E-state index contributed by atoms with van der Waals surface area (Å²) in [4.78, 5) is 0. The van der Waals surface area contributed by atoms with Gasteiger partial charge in [0.15, 0.2) is 5.96 Å². The lowest BCUT2D eigenvalue weighted by molar-refractivity contribution is 0.842. The molecule has 80 valence electrons. The summed E-state index contributed by atoms with van der Waals surface area (Å²) in [6.45, 7) is 1.62. The van der Waals surface area contributed by atoms with Crippen molar-refractivity contribution in [3.05, 3.63) is 35.8 Å². The lowest BCUT2D eigenvalue weighted by Crippen LogP contribution is -2.39. The number of benzene rings is 1. The van der Waals surface area contributed by atoms with Crippen LogP contribution >= 0.6 is 0 Å². The molecule has 15 heavy (non-hydrogen) atoms. The molecule has 0 radical (unpaired) electrons. The number of amidine groups is 1. The van der Waals surface area contributed by atoms with E-state index in [4.69, 9.17) is 16.3 Å². The molecule has 0 aliphatic carbocycles. The van der Waals surface area contributed by atoms with Gasteiger partial charge in [0.1, 0.15) is 0 Å². The van der Waals surface area contributed by atoms with Crippen molar-refractivity contribution < 1.29 is 5.48 Å². The maximum absolute atomic E-state index is 7.88. The van der Waals surface area contributed by atoms with Crippen LogP contribution in [0.5, 0.6) is 0 Å². The van der Waals surface area contributed by atoms with Gasteiger partial charge in [0.25, 0.3) is 0 Å². The SMILES string of the molecule is [2H]c1cc(C([2H])CNC(=N)NC(C)=N)cc([2H])c1[2H]. The van der Waals surface area contributed by atoms with Crippen LogP contribution in [0.1, 0.15) is 18.0 Å². The van der Waals surface area contributed by atoms with Crippen molar-refractivity contribution in [2.24, 2.45) is 0 Å². The molecular formula is C11H16N4. The summed E-state index contributed by atoms with van der Waals surface area (Å²) in [5, 5.41) is 19.7. The molecule has 1 rings (SSSR count).